The summed E-state index contributed by atoms with van der Waals surface area (Å²) >= 11 is 0. The number of aryl methyl sites for hydroxylation is 1. The zero-order chi connectivity index (χ0) is 27.8. The zero-order valence-electron chi connectivity index (χ0n) is 23.3. The topological polar surface area (TPSA) is 111 Å². The van der Waals surface area contributed by atoms with Crippen molar-refractivity contribution in [2.45, 2.75) is 51.4 Å². The number of fused-ring (bicyclic) bond motifs is 2. The van der Waals surface area contributed by atoms with Crippen LogP contribution in [0.25, 0.3) is 10.9 Å². The molecule has 41 heavy (non-hydrogen) atoms. The molecule has 3 aliphatic heterocycles. The Morgan fingerprint density at radius 3 is 2.71 bits per heavy atom. The van der Waals surface area contributed by atoms with E-state index in [0.717, 1.165) is 81.0 Å². The number of piperazine rings is 1. The number of rotatable bonds is 8. The maximum atomic E-state index is 13.6. The van der Waals surface area contributed by atoms with Crippen LogP contribution in [-0.2, 0) is 24.2 Å². The van der Waals surface area contributed by atoms with Crippen molar-refractivity contribution in [3.8, 4) is 11.5 Å². The molecule has 0 aliphatic carbocycles. The largest absolute Gasteiger partial charge is 0.454 e. The average molecular weight is 558 g/mol. The van der Waals surface area contributed by atoms with Gasteiger partial charge in [0.05, 0.1) is 12.6 Å². The molecule has 0 saturated carbocycles. The van der Waals surface area contributed by atoms with Gasteiger partial charge in [-0.3, -0.25) is 14.6 Å². The molecule has 7 rings (SSSR count). The number of nitrogens with one attached hydrogen (secondary N) is 1. The van der Waals surface area contributed by atoms with E-state index >= 15 is 0 Å². The summed E-state index contributed by atoms with van der Waals surface area (Å²) in [5.74, 6) is 2.29. The summed E-state index contributed by atoms with van der Waals surface area (Å²) in [6, 6.07) is 14.0. The molecule has 2 saturated heterocycles. The Bertz CT molecular complexity index is 1590. The molecule has 5 heterocycles. The van der Waals surface area contributed by atoms with Crippen LogP contribution in [-0.4, -0.2) is 80.7 Å². The molecule has 0 spiro atoms. The van der Waals surface area contributed by atoms with Crippen LogP contribution in [0.2, 0.25) is 0 Å². The highest BCUT2D eigenvalue weighted by Gasteiger charge is 2.33. The molecule has 2 atom stereocenters. The third-order valence-electron chi connectivity index (χ3n) is 8.46. The summed E-state index contributed by atoms with van der Waals surface area (Å²) in [5, 5.41) is 13.9. The van der Waals surface area contributed by atoms with Gasteiger partial charge in [-0.1, -0.05) is 19.1 Å². The second-order valence-corrected chi connectivity index (χ2v) is 11.1. The second-order valence-electron chi connectivity index (χ2n) is 11.1. The fourth-order valence-electron chi connectivity index (χ4n) is 6.19. The van der Waals surface area contributed by atoms with Gasteiger partial charge in [0.2, 0.25) is 6.79 Å². The number of aromatic nitrogens is 5. The molecule has 3 aliphatic rings. The lowest BCUT2D eigenvalue weighted by molar-refractivity contribution is 0.0840. The Kier molecular flexibility index (Phi) is 7.15. The Hall–Kier alpha value is -3.80. The number of aromatic amines is 1. The van der Waals surface area contributed by atoms with E-state index < -0.39 is 0 Å². The van der Waals surface area contributed by atoms with Crippen LogP contribution in [0.3, 0.4) is 0 Å². The summed E-state index contributed by atoms with van der Waals surface area (Å²) in [6.45, 7) is 7.83. The van der Waals surface area contributed by atoms with Crippen LogP contribution >= 0.6 is 0 Å². The van der Waals surface area contributed by atoms with Crippen molar-refractivity contribution in [3.05, 3.63) is 75.3 Å². The fourth-order valence-corrected chi connectivity index (χ4v) is 6.19. The first-order valence-electron chi connectivity index (χ1n) is 14.5. The van der Waals surface area contributed by atoms with E-state index in [9.17, 15) is 4.79 Å². The van der Waals surface area contributed by atoms with Crippen LogP contribution in [0.15, 0.2) is 47.3 Å². The molecule has 4 aromatic rings. The lowest BCUT2D eigenvalue weighted by Gasteiger charge is -2.38. The number of hydrogen-bond donors (Lipinski definition) is 1. The quantitative estimate of drug-likeness (QED) is 0.350. The first-order chi connectivity index (χ1) is 20.1. The van der Waals surface area contributed by atoms with E-state index in [2.05, 4.69) is 61.5 Å². The number of nitrogens with zero attached hydrogens (tertiary/aromatic N) is 6. The van der Waals surface area contributed by atoms with Gasteiger partial charge in [0.15, 0.2) is 17.3 Å². The Labute approximate surface area is 238 Å². The molecule has 11 nitrogen and oxygen atoms in total. The highest BCUT2D eigenvalue weighted by molar-refractivity contribution is 5.80. The van der Waals surface area contributed by atoms with Gasteiger partial charge in [-0.15, -0.1) is 5.10 Å². The number of benzene rings is 2. The molecule has 11 heteroatoms. The average Bonchev–Trinajstić information content (AvgIpc) is 3.77. The lowest BCUT2D eigenvalue weighted by atomic mass is 10.0. The van der Waals surface area contributed by atoms with Crippen molar-refractivity contribution in [2.75, 3.05) is 39.6 Å². The number of hydrogen-bond acceptors (Lipinski definition) is 9. The van der Waals surface area contributed by atoms with E-state index in [1.165, 1.54) is 11.1 Å². The zero-order valence-corrected chi connectivity index (χ0v) is 23.3. The van der Waals surface area contributed by atoms with Gasteiger partial charge in [0.1, 0.15) is 6.04 Å². The minimum Gasteiger partial charge on any atom is -0.454 e. The Morgan fingerprint density at radius 1 is 1.02 bits per heavy atom. The normalized spacial score (nSPS) is 20.2. The van der Waals surface area contributed by atoms with Crippen molar-refractivity contribution in [1.29, 1.82) is 0 Å². The smallest absolute Gasteiger partial charge is 0.253 e. The molecule has 1 N–H and O–H groups in total. The van der Waals surface area contributed by atoms with Gasteiger partial charge >= 0.3 is 0 Å². The van der Waals surface area contributed by atoms with Crippen molar-refractivity contribution in [3.63, 3.8) is 0 Å². The van der Waals surface area contributed by atoms with Gasteiger partial charge in [-0.05, 0) is 76.5 Å². The van der Waals surface area contributed by atoms with Gasteiger partial charge in [-0.2, -0.15) is 0 Å². The monoisotopic (exact) mass is 557 g/mol. The highest BCUT2D eigenvalue weighted by atomic mass is 16.7. The van der Waals surface area contributed by atoms with E-state index in [-0.39, 0.29) is 24.5 Å². The first kappa shape index (κ1) is 26.1. The van der Waals surface area contributed by atoms with Crippen molar-refractivity contribution in [1.82, 2.24) is 35.0 Å². The van der Waals surface area contributed by atoms with Crippen molar-refractivity contribution >= 4 is 10.9 Å². The molecule has 0 amide bonds. The molecular weight excluding hydrogens is 522 g/mol. The second kappa shape index (κ2) is 11.2. The Morgan fingerprint density at radius 2 is 1.88 bits per heavy atom. The summed E-state index contributed by atoms with van der Waals surface area (Å²) in [7, 11) is 0. The number of pyridine rings is 1. The van der Waals surface area contributed by atoms with E-state index in [1.807, 2.05) is 22.9 Å². The van der Waals surface area contributed by atoms with Crippen LogP contribution in [0.4, 0.5) is 0 Å². The summed E-state index contributed by atoms with van der Waals surface area (Å²) < 4.78 is 18.8. The van der Waals surface area contributed by atoms with Gasteiger partial charge in [0.25, 0.3) is 5.56 Å². The highest BCUT2D eigenvalue weighted by Crippen LogP contribution is 2.33. The van der Waals surface area contributed by atoms with Crippen LogP contribution in [0.1, 0.15) is 48.3 Å². The number of H-pyrrole nitrogens is 1. The van der Waals surface area contributed by atoms with Gasteiger partial charge in [-0.25, -0.2) is 4.68 Å². The predicted octanol–water partition coefficient (Wildman–Crippen LogP) is 2.89. The molecule has 0 radical (unpaired) electrons. The maximum Gasteiger partial charge on any atom is 0.253 e. The summed E-state index contributed by atoms with van der Waals surface area (Å²) in [4.78, 5) is 21.5. The van der Waals surface area contributed by atoms with Crippen molar-refractivity contribution in [2.24, 2.45) is 0 Å². The summed E-state index contributed by atoms with van der Waals surface area (Å²) in [6.07, 6.45) is 3.04. The predicted molar refractivity (Wildman–Crippen MR) is 152 cm³/mol. The van der Waals surface area contributed by atoms with Crippen molar-refractivity contribution < 1.29 is 14.2 Å². The fraction of sp³-hybridized carbons (Fsp3) is 0.467. The molecule has 0 bridgehead atoms. The van der Waals surface area contributed by atoms with E-state index in [4.69, 9.17) is 14.2 Å². The molecule has 2 aromatic carbocycles. The van der Waals surface area contributed by atoms with Gasteiger partial charge in [0, 0.05) is 50.4 Å². The Balaban J connectivity index is 1.18. The molecule has 0 unspecified atom stereocenters. The van der Waals surface area contributed by atoms with E-state index in [0.29, 0.717) is 17.9 Å². The van der Waals surface area contributed by atoms with Crippen LogP contribution in [0, 0.1) is 0 Å². The minimum absolute atomic E-state index is 0.0819. The SMILES string of the molecule is CCc1ccc2[nH]c(=O)c([C@H](c3nnnn3C[C@H]3CCCO3)N3CCN(Cc4ccc5c(c4)OCO5)CC3)cc2c1. The summed E-state index contributed by atoms with van der Waals surface area (Å²) in [5.41, 5.74) is 3.81. The lowest BCUT2D eigenvalue weighted by Crippen LogP contribution is -2.48. The third-order valence-corrected chi connectivity index (χ3v) is 8.46. The standard InChI is InChI=1S/C30H35N7O4/c1-2-20-5-7-25-22(14-20)16-24(30(38)31-25)28(29-32-33-34-37(29)18-23-4-3-13-39-23)36-11-9-35(10-12-36)17-21-6-8-26-27(15-21)41-19-40-26/h5-8,14-16,23,28H,2-4,9-13,17-19H2,1H3,(H,31,38)/t23-,28-/m1/s1. The van der Waals surface area contributed by atoms with Crippen LogP contribution < -0.4 is 15.0 Å². The van der Waals surface area contributed by atoms with Crippen LogP contribution in [0.5, 0.6) is 11.5 Å². The molecular formula is C30H35N7O4. The first-order valence-corrected chi connectivity index (χ1v) is 14.5. The minimum atomic E-state index is -0.377. The third kappa shape index (κ3) is 5.32. The molecule has 2 aromatic heterocycles. The maximum absolute atomic E-state index is 13.6. The number of tetrazole rings is 1. The molecule has 214 valence electrons. The van der Waals surface area contributed by atoms with Gasteiger partial charge < -0.3 is 19.2 Å². The molecule has 2 fully saturated rings. The number of ether oxygens (including phenoxy) is 3. The van der Waals surface area contributed by atoms with E-state index in [1.54, 1.807) is 0 Å².